The van der Waals surface area contributed by atoms with Gasteiger partial charge in [0, 0.05) is 6.54 Å². The maximum Gasteiger partial charge on any atom is 0.224 e. The molecule has 1 aromatic carbocycles. The highest BCUT2D eigenvalue weighted by molar-refractivity contribution is 5.78. The van der Waals surface area contributed by atoms with E-state index in [-0.39, 0.29) is 24.7 Å². The van der Waals surface area contributed by atoms with E-state index >= 15 is 0 Å². The van der Waals surface area contributed by atoms with E-state index in [9.17, 15) is 14.3 Å². The molecule has 2 unspecified atom stereocenters. The lowest BCUT2D eigenvalue weighted by atomic mass is 9.79. The third-order valence-corrected chi connectivity index (χ3v) is 3.94. The summed E-state index contributed by atoms with van der Waals surface area (Å²) in [6.07, 6.45) is 3.74. The summed E-state index contributed by atoms with van der Waals surface area (Å²) in [5, 5.41) is 13.2. The van der Waals surface area contributed by atoms with Gasteiger partial charge in [0.05, 0.1) is 12.0 Å². The maximum atomic E-state index is 13.0. The fraction of sp³-hybridized carbons (Fsp3) is 0.562. The Hall–Kier alpha value is -1.42. The molecular formula is C16H22FNO2. The van der Waals surface area contributed by atoms with Crippen molar-refractivity contribution in [3.8, 4) is 0 Å². The molecule has 1 aliphatic carbocycles. The van der Waals surface area contributed by atoms with Gasteiger partial charge in [-0.1, -0.05) is 31.9 Å². The smallest absolute Gasteiger partial charge is 0.224 e. The van der Waals surface area contributed by atoms with E-state index < -0.39 is 5.60 Å². The lowest BCUT2D eigenvalue weighted by Crippen LogP contribution is -2.46. The molecule has 0 bridgehead atoms. The summed E-state index contributed by atoms with van der Waals surface area (Å²) < 4.78 is 13.0. The van der Waals surface area contributed by atoms with Crippen molar-refractivity contribution >= 4 is 5.91 Å². The number of hydrogen-bond acceptors (Lipinski definition) is 2. The van der Waals surface area contributed by atoms with Crippen molar-refractivity contribution in [2.45, 2.75) is 44.6 Å². The minimum atomic E-state index is -0.782. The third kappa shape index (κ3) is 4.30. The van der Waals surface area contributed by atoms with Crippen LogP contribution in [0.5, 0.6) is 0 Å². The summed E-state index contributed by atoms with van der Waals surface area (Å²) in [4.78, 5) is 11.8. The molecule has 1 fully saturated rings. The van der Waals surface area contributed by atoms with Crippen LogP contribution in [0, 0.1) is 11.7 Å². The second-order valence-electron chi connectivity index (χ2n) is 6.01. The molecule has 0 spiro atoms. The lowest BCUT2D eigenvalue weighted by molar-refractivity contribution is -0.122. The van der Waals surface area contributed by atoms with E-state index in [0.717, 1.165) is 25.7 Å². The molecule has 2 N–H and O–H groups in total. The molecule has 0 saturated heterocycles. The lowest BCUT2D eigenvalue weighted by Gasteiger charge is -2.35. The number of carbonyl (C=O) groups excluding carboxylic acids is 1. The fourth-order valence-electron chi connectivity index (χ4n) is 2.95. The predicted molar refractivity (Wildman–Crippen MR) is 75.7 cm³/mol. The van der Waals surface area contributed by atoms with Crippen LogP contribution in [0.2, 0.25) is 0 Å². The van der Waals surface area contributed by atoms with Crippen LogP contribution in [-0.2, 0) is 11.2 Å². The van der Waals surface area contributed by atoms with Crippen LogP contribution in [0.1, 0.15) is 38.2 Å². The van der Waals surface area contributed by atoms with Crippen molar-refractivity contribution in [1.29, 1.82) is 0 Å². The first kappa shape index (κ1) is 15.0. The van der Waals surface area contributed by atoms with Gasteiger partial charge < -0.3 is 10.4 Å². The Balaban J connectivity index is 1.83. The summed E-state index contributed by atoms with van der Waals surface area (Å²) in [5.74, 6) is -0.0221. The van der Waals surface area contributed by atoms with E-state index in [1.54, 1.807) is 12.1 Å². The molecular weight excluding hydrogens is 257 g/mol. The zero-order valence-electron chi connectivity index (χ0n) is 11.9. The first-order valence-corrected chi connectivity index (χ1v) is 7.20. The number of hydrogen-bond donors (Lipinski definition) is 2. The molecule has 20 heavy (non-hydrogen) atoms. The van der Waals surface area contributed by atoms with Gasteiger partial charge in [-0.25, -0.2) is 4.39 Å². The topological polar surface area (TPSA) is 49.3 Å². The predicted octanol–water partition coefficient (Wildman–Crippen LogP) is 2.43. The molecule has 0 aliphatic heterocycles. The van der Waals surface area contributed by atoms with Crippen LogP contribution in [0.15, 0.2) is 24.3 Å². The number of benzene rings is 1. The van der Waals surface area contributed by atoms with Crippen molar-refractivity contribution in [3.63, 3.8) is 0 Å². The average Bonchev–Trinajstić information content (AvgIpc) is 2.36. The largest absolute Gasteiger partial charge is 0.388 e. The second-order valence-corrected chi connectivity index (χ2v) is 6.01. The first-order chi connectivity index (χ1) is 9.47. The Morgan fingerprint density at radius 1 is 1.55 bits per heavy atom. The highest BCUT2D eigenvalue weighted by Gasteiger charge is 2.32. The van der Waals surface area contributed by atoms with Crippen LogP contribution in [0.25, 0.3) is 0 Å². The number of halogens is 1. The van der Waals surface area contributed by atoms with E-state index in [4.69, 9.17) is 0 Å². The summed E-state index contributed by atoms with van der Waals surface area (Å²) in [6, 6.07) is 6.03. The van der Waals surface area contributed by atoms with Gasteiger partial charge in [0.1, 0.15) is 5.82 Å². The summed E-state index contributed by atoms with van der Waals surface area (Å²) in [5.41, 5.74) is -0.138. The molecule has 110 valence electrons. The Kier molecular flexibility index (Phi) is 4.76. The zero-order valence-corrected chi connectivity index (χ0v) is 11.9. The summed E-state index contributed by atoms with van der Waals surface area (Å²) >= 11 is 0. The normalized spacial score (nSPS) is 26.2. The van der Waals surface area contributed by atoms with Gasteiger partial charge in [0.2, 0.25) is 5.91 Å². The van der Waals surface area contributed by atoms with Gasteiger partial charge >= 0.3 is 0 Å². The SMILES string of the molecule is CC1CCCC(O)(CNC(=O)Cc2cccc(F)c2)C1. The van der Waals surface area contributed by atoms with Crippen molar-refractivity contribution < 1.29 is 14.3 Å². The highest BCUT2D eigenvalue weighted by Crippen LogP contribution is 2.31. The molecule has 1 aromatic rings. The average molecular weight is 279 g/mol. The molecule has 0 radical (unpaired) electrons. The van der Waals surface area contributed by atoms with Crippen LogP contribution in [0.3, 0.4) is 0 Å². The highest BCUT2D eigenvalue weighted by atomic mass is 19.1. The van der Waals surface area contributed by atoms with E-state index in [0.29, 0.717) is 11.5 Å². The molecule has 1 amide bonds. The van der Waals surface area contributed by atoms with Gasteiger partial charge in [-0.15, -0.1) is 0 Å². The number of nitrogens with one attached hydrogen (secondary N) is 1. The van der Waals surface area contributed by atoms with E-state index in [1.807, 2.05) is 0 Å². The Morgan fingerprint density at radius 2 is 2.35 bits per heavy atom. The minimum Gasteiger partial charge on any atom is -0.388 e. The number of aliphatic hydroxyl groups is 1. The molecule has 0 aromatic heterocycles. The van der Waals surface area contributed by atoms with Gasteiger partial charge in [-0.2, -0.15) is 0 Å². The first-order valence-electron chi connectivity index (χ1n) is 7.20. The van der Waals surface area contributed by atoms with Crippen LogP contribution >= 0.6 is 0 Å². The van der Waals surface area contributed by atoms with Crippen LogP contribution < -0.4 is 5.32 Å². The van der Waals surface area contributed by atoms with Crippen LogP contribution in [-0.4, -0.2) is 23.2 Å². The molecule has 4 heteroatoms. The Morgan fingerprint density at radius 3 is 3.05 bits per heavy atom. The van der Waals surface area contributed by atoms with Crippen molar-refractivity contribution in [2.24, 2.45) is 5.92 Å². The number of carbonyl (C=O) groups is 1. The van der Waals surface area contributed by atoms with E-state index in [2.05, 4.69) is 12.2 Å². The summed E-state index contributed by atoms with van der Waals surface area (Å²) in [6.45, 7) is 2.41. The van der Waals surface area contributed by atoms with Gasteiger partial charge in [0.15, 0.2) is 0 Å². The van der Waals surface area contributed by atoms with Crippen LogP contribution in [0.4, 0.5) is 4.39 Å². The van der Waals surface area contributed by atoms with Crippen molar-refractivity contribution in [2.75, 3.05) is 6.54 Å². The molecule has 3 nitrogen and oxygen atoms in total. The second kappa shape index (κ2) is 6.35. The minimum absolute atomic E-state index is 0.142. The molecule has 1 saturated carbocycles. The number of amides is 1. The molecule has 0 heterocycles. The maximum absolute atomic E-state index is 13.0. The Bertz CT molecular complexity index is 477. The zero-order chi connectivity index (χ0) is 14.6. The number of rotatable bonds is 4. The Labute approximate surface area is 119 Å². The standard InChI is InChI=1S/C16H22FNO2/c1-12-4-3-7-16(20,10-12)11-18-15(19)9-13-5-2-6-14(17)8-13/h2,5-6,8,12,20H,3-4,7,9-11H2,1H3,(H,18,19). The quantitative estimate of drug-likeness (QED) is 0.889. The van der Waals surface area contributed by atoms with Crippen molar-refractivity contribution in [3.05, 3.63) is 35.6 Å². The monoisotopic (exact) mass is 279 g/mol. The van der Waals surface area contributed by atoms with E-state index in [1.165, 1.54) is 12.1 Å². The van der Waals surface area contributed by atoms with Gasteiger partial charge in [-0.05, 0) is 36.5 Å². The molecule has 2 rings (SSSR count). The fourth-order valence-corrected chi connectivity index (χ4v) is 2.95. The van der Waals surface area contributed by atoms with Gasteiger partial charge in [0.25, 0.3) is 0 Å². The summed E-state index contributed by atoms with van der Waals surface area (Å²) in [7, 11) is 0. The third-order valence-electron chi connectivity index (χ3n) is 3.94. The molecule has 1 aliphatic rings. The van der Waals surface area contributed by atoms with Crippen molar-refractivity contribution in [1.82, 2.24) is 5.32 Å². The molecule has 2 atom stereocenters. The van der Waals surface area contributed by atoms with Gasteiger partial charge in [-0.3, -0.25) is 4.79 Å².